The standard InChI is InChI=1S/C25H19N3O3/c29-24(19-15-17-5-1-4-8-22(17)31-25(19)30)26-18-12-9-16(10-13-18)11-14-23-27-20-6-2-3-7-21(20)28-23/h1-10,12-13,15H,11,14H2,(H,26,29)(H,27,28). The third kappa shape index (κ3) is 3.96. The topological polar surface area (TPSA) is 88.0 Å². The predicted octanol–water partition coefficient (Wildman–Crippen LogP) is 4.71. The molecule has 2 N–H and O–H groups in total. The maximum absolute atomic E-state index is 12.6. The zero-order chi connectivity index (χ0) is 21.2. The van der Waals surface area contributed by atoms with Gasteiger partial charge in [0.15, 0.2) is 0 Å². The second-order valence-electron chi connectivity index (χ2n) is 7.34. The number of fused-ring (bicyclic) bond motifs is 2. The number of aromatic amines is 1. The molecule has 0 saturated carbocycles. The van der Waals surface area contributed by atoms with E-state index in [9.17, 15) is 9.59 Å². The van der Waals surface area contributed by atoms with Crippen molar-refractivity contribution >= 4 is 33.6 Å². The first-order valence-corrected chi connectivity index (χ1v) is 10.0. The van der Waals surface area contributed by atoms with Gasteiger partial charge in [-0.1, -0.05) is 42.5 Å². The van der Waals surface area contributed by atoms with E-state index in [0.717, 1.165) is 35.3 Å². The van der Waals surface area contributed by atoms with Gasteiger partial charge in [0.25, 0.3) is 5.91 Å². The van der Waals surface area contributed by atoms with Crippen LogP contribution in [0.5, 0.6) is 0 Å². The molecule has 0 unspecified atom stereocenters. The van der Waals surface area contributed by atoms with Gasteiger partial charge in [-0.15, -0.1) is 0 Å². The van der Waals surface area contributed by atoms with Crippen LogP contribution in [0.3, 0.4) is 0 Å². The van der Waals surface area contributed by atoms with Gasteiger partial charge < -0.3 is 14.7 Å². The fourth-order valence-corrected chi connectivity index (χ4v) is 3.56. The van der Waals surface area contributed by atoms with E-state index in [1.807, 2.05) is 54.6 Å². The van der Waals surface area contributed by atoms with Crippen molar-refractivity contribution in [2.75, 3.05) is 5.32 Å². The molecule has 31 heavy (non-hydrogen) atoms. The Labute approximate surface area is 177 Å². The first-order valence-electron chi connectivity index (χ1n) is 10.0. The van der Waals surface area contributed by atoms with Gasteiger partial charge in [-0.05, 0) is 48.4 Å². The lowest BCUT2D eigenvalue weighted by atomic mass is 10.1. The maximum Gasteiger partial charge on any atom is 0.349 e. The number of carbonyl (C=O) groups excluding carboxylic acids is 1. The molecule has 2 heterocycles. The Morgan fingerprint density at radius 2 is 1.71 bits per heavy atom. The van der Waals surface area contributed by atoms with Crippen LogP contribution in [-0.2, 0) is 12.8 Å². The monoisotopic (exact) mass is 409 g/mol. The fourth-order valence-electron chi connectivity index (χ4n) is 3.56. The number of rotatable bonds is 5. The molecule has 0 radical (unpaired) electrons. The number of benzene rings is 3. The number of aromatic nitrogens is 2. The summed E-state index contributed by atoms with van der Waals surface area (Å²) >= 11 is 0. The van der Waals surface area contributed by atoms with E-state index in [2.05, 4.69) is 15.3 Å². The van der Waals surface area contributed by atoms with Crippen LogP contribution in [0.15, 0.2) is 88.1 Å². The molecule has 5 aromatic rings. The Kier molecular flexibility index (Phi) is 4.80. The third-order valence-corrected chi connectivity index (χ3v) is 5.19. The summed E-state index contributed by atoms with van der Waals surface area (Å²) in [5, 5.41) is 3.47. The molecule has 5 rings (SSSR count). The molecule has 0 aliphatic carbocycles. The zero-order valence-electron chi connectivity index (χ0n) is 16.6. The van der Waals surface area contributed by atoms with Crippen molar-refractivity contribution in [2.24, 2.45) is 0 Å². The molecule has 1 amide bonds. The Bertz CT molecular complexity index is 1420. The normalized spacial score (nSPS) is 11.1. The second kappa shape index (κ2) is 7.91. The summed E-state index contributed by atoms with van der Waals surface area (Å²) in [6, 6.07) is 24.2. The number of hydrogen-bond acceptors (Lipinski definition) is 4. The SMILES string of the molecule is O=C(Nc1ccc(CCc2nc3ccccc3[nH]2)cc1)c1cc2ccccc2oc1=O. The minimum atomic E-state index is -0.654. The predicted molar refractivity (Wildman–Crippen MR) is 120 cm³/mol. The highest BCUT2D eigenvalue weighted by Crippen LogP contribution is 2.16. The van der Waals surface area contributed by atoms with E-state index in [0.29, 0.717) is 16.7 Å². The van der Waals surface area contributed by atoms with Crippen LogP contribution in [0.4, 0.5) is 5.69 Å². The highest BCUT2D eigenvalue weighted by atomic mass is 16.4. The first kappa shape index (κ1) is 18.8. The largest absolute Gasteiger partial charge is 0.422 e. The van der Waals surface area contributed by atoms with Crippen LogP contribution in [-0.4, -0.2) is 15.9 Å². The van der Waals surface area contributed by atoms with Crippen LogP contribution in [0.1, 0.15) is 21.7 Å². The number of para-hydroxylation sites is 3. The van der Waals surface area contributed by atoms with Crippen LogP contribution in [0, 0.1) is 0 Å². The lowest BCUT2D eigenvalue weighted by Crippen LogP contribution is -2.20. The third-order valence-electron chi connectivity index (χ3n) is 5.19. The smallest absolute Gasteiger partial charge is 0.349 e. The lowest BCUT2D eigenvalue weighted by molar-refractivity contribution is 0.102. The van der Waals surface area contributed by atoms with Crippen LogP contribution < -0.4 is 10.9 Å². The summed E-state index contributed by atoms with van der Waals surface area (Å²) in [6.07, 6.45) is 1.61. The van der Waals surface area contributed by atoms with Crippen molar-refractivity contribution in [2.45, 2.75) is 12.8 Å². The van der Waals surface area contributed by atoms with E-state index in [-0.39, 0.29) is 5.56 Å². The highest BCUT2D eigenvalue weighted by Gasteiger charge is 2.14. The second-order valence-corrected chi connectivity index (χ2v) is 7.34. The van der Waals surface area contributed by atoms with Crippen molar-refractivity contribution < 1.29 is 9.21 Å². The van der Waals surface area contributed by atoms with Crippen LogP contribution >= 0.6 is 0 Å². The molecule has 2 aromatic heterocycles. The molecule has 0 aliphatic heterocycles. The van der Waals surface area contributed by atoms with Crippen molar-refractivity contribution in [1.29, 1.82) is 0 Å². The average Bonchev–Trinajstić information content (AvgIpc) is 3.21. The van der Waals surface area contributed by atoms with Gasteiger partial charge in [0.05, 0.1) is 11.0 Å². The Balaban J connectivity index is 1.26. The van der Waals surface area contributed by atoms with Crippen molar-refractivity contribution in [3.05, 3.63) is 106 Å². The molecule has 0 bridgehead atoms. The van der Waals surface area contributed by atoms with Crippen LogP contribution in [0.2, 0.25) is 0 Å². The number of nitrogens with zero attached hydrogens (tertiary/aromatic N) is 1. The maximum atomic E-state index is 12.6. The molecule has 0 spiro atoms. The molecule has 0 atom stereocenters. The zero-order valence-corrected chi connectivity index (χ0v) is 16.6. The minimum Gasteiger partial charge on any atom is -0.422 e. The van der Waals surface area contributed by atoms with E-state index in [4.69, 9.17) is 4.42 Å². The molecule has 152 valence electrons. The number of anilines is 1. The van der Waals surface area contributed by atoms with Gasteiger partial charge in [0, 0.05) is 17.5 Å². The van der Waals surface area contributed by atoms with Crippen molar-refractivity contribution in [3.8, 4) is 0 Å². The molecule has 0 fully saturated rings. The molecular formula is C25H19N3O3. The fraction of sp³-hybridized carbons (Fsp3) is 0.0800. The van der Waals surface area contributed by atoms with Gasteiger partial charge in [-0.3, -0.25) is 4.79 Å². The number of aryl methyl sites for hydroxylation is 2. The quantitative estimate of drug-likeness (QED) is 0.412. The molecule has 0 saturated heterocycles. The number of nitrogens with one attached hydrogen (secondary N) is 2. The van der Waals surface area contributed by atoms with Crippen LogP contribution in [0.25, 0.3) is 22.0 Å². The molecular weight excluding hydrogens is 390 g/mol. The molecule has 6 heteroatoms. The highest BCUT2D eigenvalue weighted by molar-refractivity contribution is 6.05. The average molecular weight is 409 g/mol. The van der Waals surface area contributed by atoms with Crippen molar-refractivity contribution in [3.63, 3.8) is 0 Å². The van der Waals surface area contributed by atoms with Gasteiger partial charge in [-0.2, -0.15) is 0 Å². The van der Waals surface area contributed by atoms with E-state index < -0.39 is 11.5 Å². The Morgan fingerprint density at radius 1 is 0.935 bits per heavy atom. The lowest BCUT2D eigenvalue weighted by Gasteiger charge is -2.06. The summed E-state index contributed by atoms with van der Waals surface area (Å²) < 4.78 is 5.24. The summed E-state index contributed by atoms with van der Waals surface area (Å²) in [5.41, 5.74) is 3.53. The van der Waals surface area contributed by atoms with Gasteiger partial charge in [0.2, 0.25) is 0 Å². The number of amides is 1. The van der Waals surface area contributed by atoms with Gasteiger partial charge >= 0.3 is 5.63 Å². The Hall–Kier alpha value is -4.19. The van der Waals surface area contributed by atoms with E-state index >= 15 is 0 Å². The van der Waals surface area contributed by atoms with E-state index in [1.54, 1.807) is 24.3 Å². The summed E-state index contributed by atoms with van der Waals surface area (Å²) in [6.45, 7) is 0. The summed E-state index contributed by atoms with van der Waals surface area (Å²) in [4.78, 5) is 32.7. The van der Waals surface area contributed by atoms with Gasteiger partial charge in [0.1, 0.15) is 17.0 Å². The first-order chi connectivity index (χ1) is 15.2. The number of H-pyrrole nitrogens is 1. The number of carbonyl (C=O) groups is 1. The molecule has 0 aliphatic rings. The van der Waals surface area contributed by atoms with Gasteiger partial charge in [-0.25, -0.2) is 9.78 Å². The summed E-state index contributed by atoms with van der Waals surface area (Å²) in [5.74, 6) is 0.455. The van der Waals surface area contributed by atoms with E-state index in [1.165, 1.54) is 0 Å². The van der Waals surface area contributed by atoms with Crippen molar-refractivity contribution in [1.82, 2.24) is 9.97 Å². The minimum absolute atomic E-state index is 0.0207. The molecule has 6 nitrogen and oxygen atoms in total. The number of hydrogen-bond donors (Lipinski definition) is 2. The molecule has 3 aromatic carbocycles. The summed E-state index contributed by atoms with van der Waals surface area (Å²) in [7, 11) is 0. The number of imidazole rings is 1. The Morgan fingerprint density at radius 3 is 2.55 bits per heavy atom.